The summed E-state index contributed by atoms with van der Waals surface area (Å²) in [5.74, 6) is 1.15. The number of nitrogens with zero attached hydrogens (tertiary/aromatic N) is 2. The first-order chi connectivity index (χ1) is 11.2. The van der Waals surface area contributed by atoms with Gasteiger partial charge in [-0.1, -0.05) is 18.2 Å². The molecule has 0 saturated heterocycles. The molecule has 0 bridgehead atoms. The average molecular weight is 327 g/mol. The largest absolute Gasteiger partial charge is 0.356 e. The molecule has 3 rings (SSSR count). The van der Waals surface area contributed by atoms with Crippen molar-refractivity contribution in [1.82, 2.24) is 14.9 Å². The Kier molecular flexibility index (Phi) is 5.08. The average Bonchev–Trinajstić information content (AvgIpc) is 3.17. The third kappa shape index (κ3) is 3.99. The summed E-state index contributed by atoms with van der Waals surface area (Å²) in [4.78, 5) is 17.7. The number of imidazole rings is 1. The number of aryl methyl sites for hydroxylation is 3. The number of carbonyl (C=O) groups is 1. The van der Waals surface area contributed by atoms with Crippen LogP contribution in [-0.4, -0.2) is 22.0 Å². The highest BCUT2D eigenvalue weighted by atomic mass is 32.1. The zero-order valence-corrected chi connectivity index (χ0v) is 14.1. The number of carbonyl (C=O) groups excluding carboxylic acids is 1. The van der Waals surface area contributed by atoms with Crippen LogP contribution in [0.15, 0.2) is 41.8 Å². The molecule has 0 radical (unpaired) electrons. The molecule has 0 aliphatic rings. The van der Waals surface area contributed by atoms with Crippen LogP contribution < -0.4 is 5.32 Å². The van der Waals surface area contributed by atoms with Gasteiger partial charge in [-0.05, 0) is 43.3 Å². The summed E-state index contributed by atoms with van der Waals surface area (Å²) in [5, 5.41) is 5.05. The molecule has 23 heavy (non-hydrogen) atoms. The third-order valence-corrected chi connectivity index (χ3v) is 4.84. The molecule has 0 saturated carbocycles. The molecule has 5 heteroatoms. The minimum absolute atomic E-state index is 0.130. The van der Waals surface area contributed by atoms with E-state index in [0.717, 1.165) is 36.2 Å². The number of nitrogens with one attached hydrogen (secondary N) is 1. The molecule has 0 atom stereocenters. The van der Waals surface area contributed by atoms with Gasteiger partial charge in [-0.3, -0.25) is 4.79 Å². The number of thiophene rings is 1. The first-order valence-electron chi connectivity index (χ1n) is 7.95. The second-order valence-corrected chi connectivity index (χ2v) is 6.61. The molecule has 1 aromatic carbocycles. The van der Waals surface area contributed by atoms with Gasteiger partial charge in [0.2, 0.25) is 5.91 Å². The molecule has 4 nitrogen and oxygen atoms in total. The molecule has 0 fully saturated rings. The van der Waals surface area contributed by atoms with Crippen molar-refractivity contribution in [3.8, 4) is 0 Å². The molecule has 0 spiro atoms. The first-order valence-corrected chi connectivity index (χ1v) is 8.83. The summed E-state index contributed by atoms with van der Waals surface area (Å²) < 4.78 is 2.22. The minimum atomic E-state index is 0.130. The Balaban J connectivity index is 1.44. The van der Waals surface area contributed by atoms with Crippen molar-refractivity contribution in [3.05, 3.63) is 52.5 Å². The van der Waals surface area contributed by atoms with Gasteiger partial charge in [-0.15, -0.1) is 11.3 Å². The molecular formula is C18H21N3OS. The van der Waals surface area contributed by atoms with E-state index in [1.54, 1.807) is 11.3 Å². The highest BCUT2D eigenvalue weighted by Crippen LogP contribution is 2.15. The maximum atomic E-state index is 11.9. The Bertz CT molecular complexity index is 777. The van der Waals surface area contributed by atoms with Gasteiger partial charge in [0.15, 0.2) is 0 Å². The zero-order valence-electron chi connectivity index (χ0n) is 13.3. The zero-order chi connectivity index (χ0) is 16.1. The number of benzene rings is 1. The van der Waals surface area contributed by atoms with Crippen molar-refractivity contribution in [1.29, 1.82) is 0 Å². The van der Waals surface area contributed by atoms with Gasteiger partial charge in [0.1, 0.15) is 5.82 Å². The summed E-state index contributed by atoms with van der Waals surface area (Å²) in [5.41, 5.74) is 2.19. The highest BCUT2D eigenvalue weighted by molar-refractivity contribution is 7.09. The fraction of sp³-hybridized carbons (Fsp3) is 0.333. The maximum absolute atomic E-state index is 11.9. The van der Waals surface area contributed by atoms with Crippen LogP contribution in [0, 0.1) is 6.92 Å². The predicted molar refractivity (Wildman–Crippen MR) is 94.7 cm³/mol. The molecule has 0 aliphatic heterocycles. The van der Waals surface area contributed by atoms with Crippen LogP contribution in [0.25, 0.3) is 11.0 Å². The molecule has 0 aliphatic carbocycles. The van der Waals surface area contributed by atoms with Gasteiger partial charge in [0.05, 0.1) is 11.0 Å². The lowest BCUT2D eigenvalue weighted by atomic mass is 10.2. The van der Waals surface area contributed by atoms with Crippen molar-refractivity contribution in [2.24, 2.45) is 0 Å². The fourth-order valence-electron chi connectivity index (χ4n) is 2.72. The summed E-state index contributed by atoms with van der Waals surface area (Å²) in [6.07, 6.45) is 2.30. The Hall–Kier alpha value is -2.14. The Morgan fingerprint density at radius 1 is 1.26 bits per heavy atom. The van der Waals surface area contributed by atoms with E-state index in [0.29, 0.717) is 13.0 Å². The number of fused-ring (bicyclic) bond motifs is 1. The van der Waals surface area contributed by atoms with Crippen LogP contribution in [0.2, 0.25) is 0 Å². The molecule has 2 heterocycles. The Morgan fingerprint density at radius 3 is 2.96 bits per heavy atom. The second-order valence-electron chi connectivity index (χ2n) is 5.58. The van der Waals surface area contributed by atoms with Crippen LogP contribution in [-0.2, 0) is 17.8 Å². The highest BCUT2D eigenvalue weighted by Gasteiger charge is 2.06. The van der Waals surface area contributed by atoms with E-state index < -0.39 is 0 Å². The van der Waals surface area contributed by atoms with Crippen molar-refractivity contribution >= 4 is 28.3 Å². The van der Waals surface area contributed by atoms with E-state index in [4.69, 9.17) is 0 Å². The molecule has 2 aromatic heterocycles. The van der Waals surface area contributed by atoms with E-state index in [1.807, 2.05) is 36.6 Å². The van der Waals surface area contributed by atoms with Crippen LogP contribution in [0.1, 0.15) is 23.5 Å². The monoisotopic (exact) mass is 327 g/mol. The number of aromatic nitrogens is 2. The Labute approximate surface area is 140 Å². The first kappa shape index (κ1) is 15.7. The van der Waals surface area contributed by atoms with Crippen LogP contribution in [0.4, 0.5) is 0 Å². The van der Waals surface area contributed by atoms with Gasteiger partial charge in [-0.25, -0.2) is 4.98 Å². The molecule has 1 amide bonds. The van der Waals surface area contributed by atoms with Gasteiger partial charge in [-0.2, -0.15) is 0 Å². The number of amides is 1. The summed E-state index contributed by atoms with van der Waals surface area (Å²) in [6, 6.07) is 12.3. The van der Waals surface area contributed by atoms with E-state index in [1.165, 1.54) is 4.88 Å². The van der Waals surface area contributed by atoms with Crippen molar-refractivity contribution in [3.63, 3.8) is 0 Å². The number of hydrogen-bond donors (Lipinski definition) is 1. The van der Waals surface area contributed by atoms with Crippen LogP contribution in [0.5, 0.6) is 0 Å². The predicted octanol–water partition coefficient (Wildman–Crippen LogP) is 3.55. The molecule has 120 valence electrons. The molecule has 3 aromatic rings. The lowest BCUT2D eigenvalue weighted by Crippen LogP contribution is -2.25. The Morgan fingerprint density at radius 2 is 2.13 bits per heavy atom. The standard InChI is InChI=1S/C18H21N3OS/c1-14-20-16-7-2-3-8-17(16)21(14)12-5-11-19-18(22)10-9-15-6-4-13-23-15/h2-4,6-8,13H,5,9-12H2,1H3,(H,19,22). The van der Waals surface area contributed by atoms with E-state index in [-0.39, 0.29) is 5.91 Å². The number of rotatable bonds is 7. The minimum Gasteiger partial charge on any atom is -0.356 e. The summed E-state index contributed by atoms with van der Waals surface area (Å²) in [6.45, 7) is 3.60. The van der Waals surface area contributed by atoms with E-state index in [2.05, 4.69) is 27.0 Å². The molecular weight excluding hydrogens is 306 g/mol. The van der Waals surface area contributed by atoms with E-state index in [9.17, 15) is 4.79 Å². The lowest BCUT2D eigenvalue weighted by Gasteiger charge is -2.08. The van der Waals surface area contributed by atoms with Gasteiger partial charge in [0.25, 0.3) is 0 Å². The van der Waals surface area contributed by atoms with E-state index >= 15 is 0 Å². The third-order valence-electron chi connectivity index (χ3n) is 3.90. The smallest absolute Gasteiger partial charge is 0.220 e. The fourth-order valence-corrected chi connectivity index (χ4v) is 3.43. The summed E-state index contributed by atoms with van der Waals surface area (Å²) in [7, 11) is 0. The second kappa shape index (κ2) is 7.42. The SMILES string of the molecule is Cc1nc2ccccc2n1CCCNC(=O)CCc1cccs1. The van der Waals surface area contributed by atoms with Crippen LogP contribution >= 0.6 is 11.3 Å². The number of para-hydroxylation sites is 2. The lowest BCUT2D eigenvalue weighted by molar-refractivity contribution is -0.121. The van der Waals surface area contributed by atoms with Gasteiger partial charge < -0.3 is 9.88 Å². The van der Waals surface area contributed by atoms with Gasteiger partial charge in [0, 0.05) is 24.4 Å². The summed E-state index contributed by atoms with van der Waals surface area (Å²) >= 11 is 1.70. The quantitative estimate of drug-likeness (QED) is 0.675. The topological polar surface area (TPSA) is 46.9 Å². The maximum Gasteiger partial charge on any atom is 0.220 e. The molecule has 1 N–H and O–H groups in total. The van der Waals surface area contributed by atoms with Crippen molar-refractivity contribution < 1.29 is 4.79 Å². The molecule has 0 unspecified atom stereocenters. The van der Waals surface area contributed by atoms with Crippen molar-refractivity contribution in [2.75, 3.05) is 6.54 Å². The van der Waals surface area contributed by atoms with Crippen LogP contribution in [0.3, 0.4) is 0 Å². The van der Waals surface area contributed by atoms with Crippen molar-refractivity contribution in [2.45, 2.75) is 32.7 Å². The van der Waals surface area contributed by atoms with Gasteiger partial charge >= 0.3 is 0 Å². The number of hydrogen-bond acceptors (Lipinski definition) is 3. The normalized spacial score (nSPS) is 11.0.